The van der Waals surface area contributed by atoms with Gasteiger partial charge in [0.2, 0.25) is 5.91 Å². The van der Waals surface area contributed by atoms with Crippen molar-refractivity contribution in [3.63, 3.8) is 0 Å². The molecule has 0 fully saturated rings. The van der Waals surface area contributed by atoms with E-state index in [4.69, 9.17) is 5.73 Å². The molecule has 27 heavy (non-hydrogen) atoms. The first-order chi connectivity index (χ1) is 12.4. The summed E-state index contributed by atoms with van der Waals surface area (Å²) in [5, 5.41) is 1.35. The third-order valence-electron chi connectivity index (χ3n) is 6.10. The molecule has 1 heterocycles. The van der Waals surface area contributed by atoms with E-state index in [0.717, 1.165) is 5.56 Å². The molecular formula is C20H30N2O4Si. The third kappa shape index (κ3) is 3.93. The van der Waals surface area contributed by atoms with Gasteiger partial charge in [0.1, 0.15) is 6.04 Å². The highest BCUT2D eigenvalue weighted by atomic mass is 28.3. The molecule has 1 aromatic carbocycles. The summed E-state index contributed by atoms with van der Waals surface area (Å²) in [6.07, 6.45) is 0.205. The van der Waals surface area contributed by atoms with Crippen LogP contribution in [0.5, 0.6) is 0 Å². The maximum atomic E-state index is 13.0. The number of carbonyl (C=O) groups excluding carboxylic acids is 3. The fourth-order valence-electron chi connectivity index (χ4n) is 3.40. The normalized spacial score (nSPS) is 15.5. The number of ether oxygens (including phenoxy) is 1. The fraction of sp³-hybridized carbons (Fsp3) is 0.550. The minimum Gasteiger partial charge on any atom is -0.469 e. The first kappa shape index (κ1) is 21.2. The molecule has 148 valence electrons. The van der Waals surface area contributed by atoms with Crippen molar-refractivity contribution in [1.82, 2.24) is 4.90 Å². The molecule has 0 radical (unpaired) electrons. The molecule has 0 bridgehead atoms. The van der Waals surface area contributed by atoms with Crippen LogP contribution in [0.3, 0.4) is 0 Å². The second-order valence-electron chi connectivity index (χ2n) is 8.67. The number of benzene rings is 1. The number of carbonyl (C=O) groups is 3. The number of nitrogens with zero attached hydrogens (tertiary/aromatic N) is 1. The van der Waals surface area contributed by atoms with Crippen LogP contribution in [-0.2, 0) is 20.9 Å². The maximum Gasteiger partial charge on any atom is 0.305 e. The summed E-state index contributed by atoms with van der Waals surface area (Å²) in [4.78, 5) is 38.0. The summed E-state index contributed by atoms with van der Waals surface area (Å²) in [6.45, 7) is 11.7. The molecule has 2 N–H and O–H groups in total. The molecule has 1 atom stereocenters. The van der Waals surface area contributed by atoms with Gasteiger partial charge in [-0.3, -0.25) is 14.4 Å². The summed E-state index contributed by atoms with van der Waals surface area (Å²) in [5.41, 5.74) is 7.20. The third-order valence-corrected chi connectivity index (χ3v) is 11.7. The van der Waals surface area contributed by atoms with Gasteiger partial charge in [-0.05, 0) is 23.1 Å². The summed E-state index contributed by atoms with van der Waals surface area (Å²) in [7, 11) is -0.575. The SMILES string of the molecule is COC(=O)CCC(C(N)=O)N1Cc2c(cccc2[Si](C)(C)C(C)(C)C)C1=O. The molecule has 0 spiro atoms. The minimum atomic E-state index is -1.87. The van der Waals surface area contributed by atoms with Crippen LogP contribution in [0.4, 0.5) is 0 Å². The molecule has 2 rings (SSSR count). The Morgan fingerprint density at radius 1 is 1.30 bits per heavy atom. The lowest BCUT2D eigenvalue weighted by Gasteiger charge is -2.38. The molecule has 1 aliphatic rings. The number of amides is 2. The van der Waals surface area contributed by atoms with E-state index in [-0.39, 0.29) is 23.8 Å². The Hall–Kier alpha value is -2.15. The zero-order valence-electron chi connectivity index (χ0n) is 17.1. The Morgan fingerprint density at radius 3 is 2.44 bits per heavy atom. The van der Waals surface area contributed by atoms with Gasteiger partial charge in [0.05, 0.1) is 15.2 Å². The van der Waals surface area contributed by atoms with Gasteiger partial charge < -0.3 is 15.4 Å². The highest BCUT2D eigenvalue weighted by Crippen LogP contribution is 2.38. The molecule has 0 saturated carbocycles. The van der Waals surface area contributed by atoms with Gasteiger partial charge in [0.25, 0.3) is 5.91 Å². The van der Waals surface area contributed by atoms with Crippen LogP contribution in [-0.4, -0.2) is 43.9 Å². The number of esters is 1. The Labute approximate surface area is 162 Å². The quantitative estimate of drug-likeness (QED) is 0.595. The number of primary amides is 1. The van der Waals surface area contributed by atoms with Gasteiger partial charge in [-0.2, -0.15) is 0 Å². The highest BCUT2D eigenvalue weighted by molar-refractivity contribution is 6.92. The second-order valence-corrected chi connectivity index (χ2v) is 14.0. The van der Waals surface area contributed by atoms with Crippen molar-refractivity contribution in [1.29, 1.82) is 0 Å². The summed E-state index contributed by atoms with van der Waals surface area (Å²) >= 11 is 0. The number of hydrogen-bond donors (Lipinski definition) is 1. The van der Waals surface area contributed by atoms with E-state index in [0.29, 0.717) is 12.1 Å². The van der Waals surface area contributed by atoms with Crippen LogP contribution in [0.15, 0.2) is 18.2 Å². The zero-order valence-corrected chi connectivity index (χ0v) is 18.1. The van der Waals surface area contributed by atoms with E-state index in [2.05, 4.69) is 44.7 Å². The number of hydrogen-bond acceptors (Lipinski definition) is 4. The summed E-state index contributed by atoms with van der Waals surface area (Å²) in [5.74, 6) is -1.22. The van der Waals surface area contributed by atoms with Crippen molar-refractivity contribution in [3.8, 4) is 0 Å². The molecular weight excluding hydrogens is 360 g/mol. The lowest BCUT2D eigenvalue weighted by atomic mass is 10.1. The van der Waals surface area contributed by atoms with Gasteiger partial charge in [0, 0.05) is 18.5 Å². The summed E-state index contributed by atoms with van der Waals surface area (Å²) in [6, 6.07) is 5.02. The highest BCUT2D eigenvalue weighted by Gasteiger charge is 2.43. The predicted molar refractivity (Wildman–Crippen MR) is 107 cm³/mol. The van der Waals surface area contributed by atoms with Crippen molar-refractivity contribution in [2.45, 2.75) is 64.3 Å². The van der Waals surface area contributed by atoms with Gasteiger partial charge in [-0.25, -0.2) is 0 Å². The van der Waals surface area contributed by atoms with Crippen molar-refractivity contribution in [3.05, 3.63) is 29.3 Å². The molecule has 6 nitrogen and oxygen atoms in total. The molecule has 1 aromatic rings. The smallest absolute Gasteiger partial charge is 0.305 e. The monoisotopic (exact) mass is 390 g/mol. The first-order valence-electron chi connectivity index (χ1n) is 9.21. The van der Waals surface area contributed by atoms with Crippen molar-refractivity contribution >= 4 is 31.0 Å². The van der Waals surface area contributed by atoms with Crippen molar-refractivity contribution in [2.24, 2.45) is 5.73 Å². The second kappa shape index (κ2) is 7.46. The minimum absolute atomic E-state index is 0.0410. The molecule has 0 aromatic heterocycles. The van der Waals surface area contributed by atoms with E-state index in [9.17, 15) is 14.4 Å². The summed E-state index contributed by atoms with van der Waals surface area (Å²) < 4.78 is 4.64. The topological polar surface area (TPSA) is 89.7 Å². The Kier molecular flexibility index (Phi) is 5.84. The fourth-order valence-corrected chi connectivity index (χ4v) is 5.69. The lowest BCUT2D eigenvalue weighted by Crippen LogP contribution is -2.51. The Morgan fingerprint density at radius 2 is 1.93 bits per heavy atom. The van der Waals surface area contributed by atoms with E-state index < -0.39 is 26.0 Å². The average molecular weight is 391 g/mol. The largest absolute Gasteiger partial charge is 0.469 e. The lowest BCUT2D eigenvalue weighted by molar-refractivity contribution is -0.141. The van der Waals surface area contributed by atoms with Crippen LogP contribution < -0.4 is 10.9 Å². The van der Waals surface area contributed by atoms with Gasteiger partial charge in [-0.15, -0.1) is 0 Å². The van der Waals surface area contributed by atoms with Gasteiger partial charge in [0.15, 0.2) is 0 Å². The maximum absolute atomic E-state index is 13.0. The first-order valence-corrected chi connectivity index (χ1v) is 12.2. The van der Waals surface area contributed by atoms with Crippen LogP contribution in [0.2, 0.25) is 18.1 Å². The number of methoxy groups -OCH3 is 1. The Bertz CT molecular complexity index is 768. The number of rotatable bonds is 6. The molecule has 0 aliphatic carbocycles. The molecule has 2 amide bonds. The van der Waals surface area contributed by atoms with E-state index >= 15 is 0 Å². The predicted octanol–water partition coefficient (Wildman–Crippen LogP) is 2.17. The van der Waals surface area contributed by atoms with Crippen LogP contribution in [0.25, 0.3) is 0 Å². The van der Waals surface area contributed by atoms with E-state index in [1.807, 2.05) is 12.1 Å². The average Bonchev–Trinajstić information content (AvgIpc) is 2.90. The van der Waals surface area contributed by atoms with Crippen LogP contribution in [0.1, 0.15) is 49.5 Å². The van der Waals surface area contributed by atoms with Crippen LogP contribution >= 0.6 is 0 Å². The Balaban J connectivity index is 2.40. The van der Waals surface area contributed by atoms with E-state index in [1.165, 1.54) is 17.2 Å². The standard InChI is InChI=1S/C20H30N2O4Si/c1-20(2,3)27(5,6)16-9-7-8-13-14(16)12-22(19(13)25)15(18(21)24)10-11-17(23)26-4/h7-9,15H,10-12H2,1-6H3,(H2,21,24). The van der Waals surface area contributed by atoms with Gasteiger partial charge >= 0.3 is 5.97 Å². The van der Waals surface area contributed by atoms with Crippen molar-refractivity contribution in [2.75, 3.05) is 7.11 Å². The molecule has 0 saturated heterocycles. The van der Waals surface area contributed by atoms with Gasteiger partial charge in [-0.1, -0.05) is 51.2 Å². The van der Waals surface area contributed by atoms with Crippen molar-refractivity contribution < 1.29 is 19.1 Å². The number of fused-ring (bicyclic) bond motifs is 1. The molecule has 1 unspecified atom stereocenters. The number of nitrogens with two attached hydrogens (primary N) is 1. The molecule has 7 heteroatoms. The zero-order chi connectivity index (χ0) is 20.6. The van der Waals surface area contributed by atoms with E-state index in [1.54, 1.807) is 0 Å². The molecule has 1 aliphatic heterocycles. The van der Waals surface area contributed by atoms with Crippen LogP contribution in [0, 0.1) is 0 Å².